The summed E-state index contributed by atoms with van der Waals surface area (Å²) in [5, 5.41) is 3.57. The highest BCUT2D eigenvalue weighted by atomic mass is 15.1. The third-order valence-electron chi connectivity index (χ3n) is 3.28. The summed E-state index contributed by atoms with van der Waals surface area (Å²) in [4.78, 5) is 6.55. The van der Waals surface area contributed by atoms with Gasteiger partial charge >= 0.3 is 0 Å². The van der Waals surface area contributed by atoms with Gasteiger partial charge in [-0.1, -0.05) is 6.42 Å². The Kier molecular flexibility index (Phi) is 3.44. The fourth-order valence-electron chi connectivity index (χ4n) is 2.28. The van der Waals surface area contributed by atoms with Crippen molar-refractivity contribution in [2.45, 2.75) is 32.2 Å². The first-order valence-electron chi connectivity index (χ1n) is 6.06. The Morgan fingerprint density at radius 3 is 2.75 bits per heavy atom. The summed E-state index contributed by atoms with van der Waals surface area (Å²) < 4.78 is 0. The molecule has 1 aliphatic rings. The molecular formula is C13H21N3. The van der Waals surface area contributed by atoms with Crippen molar-refractivity contribution in [2.24, 2.45) is 0 Å². The van der Waals surface area contributed by atoms with E-state index < -0.39 is 0 Å². The molecule has 3 nitrogen and oxygen atoms in total. The summed E-state index contributed by atoms with van der Waals surface area (Å²) in [6.45, 7) is 3.32. The Morgan fingerprint density at radius 1 is 1.38 bits per heavy atom. The molecule has 1 aromatic heterocycles. The predicted octanol–water partition coefficient (Wildman–Crippen LogP) is 2.27. The van der Waals surface area contributed by atoms with Crippen LogP contribution in [0.2, 0.25) is 0 Å². The summed E-state index contributed by atoms with van der Waals surface area (Å²) in [6, 6.07) is 2.68. The molecule has 0 bridgehead atoms. The normalized spacial score (nSPS) is 20.8. The number of nitrogens with one attached hydrogen (secondary N) is 1. The molecule has 0 radical (unpaired) electrons. The van der Waals surface area contributed by atoms with E-state index in [2.05, 4.69) is 23.3 Å². The summed E-state index contributed by atoms with van der Waals surface area (Å²) in [5.74, 6) is 1.04. The number of rotatable bonds is 2. The Bertz CT molecular complexity index is 354. The van der Waals surface area contributed by atoms with E-state index in [1.54, 1.807) is 0 Å². The lowest BCUT2D eigenvalue weighted by molar-refractivity contribution is 0.410. The van der Waals surface area contributed by atoms with Crippen LogP contribution < -0.4 is 10.2 Å². The molecule has 2 heterocycles. The van der Waals surface area contributed by atoms with Crippen molar-refractivity contribution in [3.63, 3.8) is 0 Å². The SMILES string of the molecule is Cc1cc(N(C)C)ncc1C1CCCCN1. The number of piperidine rings is 1. The lowest BCUT2D eigenvalue weighted by atomic mass is 9.96. The summed E-state index contributed by atoms with van der Waals surface area (Å²) in [7, 11) is 4.06. The van der Waals surface area contributed by atoms with Crippen LogP contribution in [0.3, 0.4) is 0 Å². The molecule has 1 aromatic rings. The molecule has 2 rings (SSSR count). The second-order valence-corrected chi connectivity index (χ2v) is 4.80. The molecule has 0 spiro atoms. The third-order valence-corrected chi connectivity index (χ3v) is 3.28. The van der Waals surface area contributed by atoms with E-state index in [1.807, 2.05) is 25.2 Å². The minimum Gasteiger partial charge on any atom is -0.363 e. The highest BCUT2D eigenvalue weighted by molar-refractivity contribution is 5.42. The molecule has 0 aromatic carbocycles. The Hall–Kier alpha value is -1.09. The van der Waals surface area contributed by atoms with E-state index in [9.17, 15) is 0 Å². The largest absolute Gasteiger partial charge is 0.363 e. The smallest absolute Gasteiger partial charge is 0.128 e. The molecule has 1 aliphatic heterocycles. The monoisotopic (exact) mass is 219 g/mol. The van der Waals surface area contributed by atoms with Gasteiger partial charge in [0.25, 0.3) is 0 Å². The molecule has 1 saturated heterocycles. The topological polar surface area (TPSA) is 28.2 Å². The lowest BCUT2D eigenvalue weighted by Gasteiger charge is -2.25. The van der Waals surface area contributed by atoms with Crippen LogP contribution >= 0.6 is 0 Å². The van der Waals surface area contributed by atoms with Crippen LogP contribution in [0.1, 0.15) is 36.4 Å². The van der Waals surface area contributed by atoms with Crippen LogP contribution in [-0.4, -0.2) is 25.6 Å². The molecule has 16 heavy (non-hydrogen) atoms. The van der Waals surface area contributed by atoms with Crippen LogP contribution in [0, 0.1) is 6.92 Å². The van der Waals surface area contributed by atoms with E-state index >= 15 is 0 Å². The Labute approximate surface area is 97.9 Å². The molecule has 1 N–H and O–H groups in total. The van der Waals surface area contributed by atoms with Gasteiger partial charge in [-0.25, -0.2) is 4.98 Å². The van der Waals surface area contributed by atoms with Crippen molar-refractivity contribution in [1.82, 2.24) is 10.3 Å². The summed E-state index contributed by atoms with van der Waals surface area (Å²) in [5.41, 5.74) is 2.71. The van der Waals surface area contributed by atoms with Gasteiger partial charge in [0, 0.05) is 26.3 Å². The first-order chi connectivity index (χ1) is 7.68. The number of pyridine rings is 1. The van der Waals surface area contributed by atoms with Crippen molar-refractivity contribution >= 4 is 5.82 Å². The highest BCUT2D eigenvalue weighted by Crippen LogP contribution is 2.26. The minimum atomic E-state index is 0.512. The number of anilines is 1. The second kappa shape index (κ2) is 4.83. The summed E-state index contributed by atoms with van der Waals surface area (Å²) in [6.07, 6.45) is 5.91. The molecule has 1 fully saturated rings. The van der Waals surface area contributed by atoms with Gasteiger partial charge in [0.05, 0.1) is 0 Å². The van der Waals surface area contributed by atoms with Gasteiger partial charge < -0.3 is 10.2 Å². The maximum absolute atomic E-state index is 4.50. The average Bonchev–Trinajstić information content (AvgIpc) is 2.30. The maximum atomic E-state index is 4.50. The standard InChI is InChI=1S/C13H21N3/c1-10-8-13(16(2)3)15-9-11(10)12-6-4-5-7-14-12/h8-9,12,14H,4-7H2,1-3H3. The molecule has 1 unspecified atom stereocenters. The van der Waals surface area contributed by atoms with Crippen molar-refractivity contribution in [2.75, 3.05) is 25.5 Å². The van der Waals surface area contributed by atoms with Gasteiger partial charge in [-0.3, -0.25) is 0 Å². The quantitative estimate of drug-likeness (QED) is 0.827. The lowest BCUT2D eigenvalue weighted by Crippen LogP contribution is -2.27. The number of hydrogen-bond donors (Lipinski definition) is 1. The molecular weight excluding hydrogens is 198 g/mol. The van der Waals surface area contributed by atoms with Gasteiger partial charge in [-0.05, 0) is 43.5 Å². The molecule has 3 heteroatoms. The average molecular weight is 219 g/mol. The first-order valence-corrected chi connectivity index (χ1v) is 6.06. The van der Waals surface area contributed by atoms with Crippen LogP contribution in [0.5, 0.6) is 0 Å². The molecule has 1 atom stereocenters. The zero-order valence-corrected chi connectivity index (χ0v) is 10.5. The fraction of sp³-hybridized carbons (Fsp3) is 0.615. The zero-order chi connectivity index (χ0) is 11.5. The van der Waals surface area contributed by atoms with Crippen LogP contribution in [0.4, 0.5) is 5.82 Å². The molecule has 88 valence electrons. The number of nitrogens with zero attached hydrogens (tertiary/aromatic N) is 2. The van der Waals surface area contributed by atoms with Crippen LogP contribution in [-0.2, 0) is 0 Å². The Morgan fingerprint density at radius 2 is 2.19 bits per heavy atom. The minimum absolute atomic E-state index is 0.512. The molecule has 0 aliphatic carbocycles. The van der Waals surface area contributed by atoms with Gasteiger partial charge in [0.15, 0.2) is 0 Å². The van der Waals surface area contributed by atoms with Gasteiger partial charge in [-0.2, -0.15) is 0 Å². The first kappa shape index (κ1) is 11.4. The van der Waals surface area contributed by atoms with Crippen molar-refractivity contribution in [3.8, 4) is 0 Å². The van der Waals surface area contributed by atoms with E-state index in [0.717, 1.165) is 12.4 Å². The fourth-order valence-corrected chi connectivity index (χ4v) is 2.28. The van der Waals surface area contributed by atoms with Gasteiger partial charge in [0.1, 0.15) is 5.82 Å². The highest BCUT2D eigenvalue weighted by Gasteiger charge is 2.17. The number of hydrogen-bond acceptors (Lipinski definition) is 3. The van der Waals surface area contributed by atoms with Crippen LogP contribution in [0.25, 0.3) is 0 Å². The van der Waals surface area contributed by atoms with E-state index in [4.69, 9.17) is 0 Å². The second-order valence-electron chi connectivity index (χ2n) is 4.80. The Balaban J connectivity index is 2.21. The van der Waals surface area contributed by atoms with E-state index in [1.165, 1.54) is 30.4 Å². The molecule has 0 amide bonds. The summed E-state index contributed by atoms with van der Waals surface area (Å²) >= 11 is 0. The molecule has 0 saturated carbocycles. The maximum Gasteiger partial charge on any atom is 0.128 e. The third kappa shape index (κ3) is 2.35. The van der Waals surface area contributed by atoms with E-state index in [-0.39, 0.29) is 0 Å². The van der Waals surface area contributed by atoms with Gasteiger partial charge in [0.2, 0.25) is 0 Å². The van der Waals surface area contributed by atoms with Gasteiger partial charge in [-0.15, -0.1) is 0 Å². The van der Waals surface area contributed by atoms with Crippen molar-refractivity contribution in [1.29, 1.82) is 0 Å². The predicted molar refractivity (Wildman–Crippen MR) is 67.9 cm³/mol. The van der Waals surface area contributed by atoms with Crippen molar-refractivity contribution < 1.29 is 0 Å². The number of aromatic nitrogens is 1. The number of aryl methyl sites for hydroxylation is 1. The zero-order valence-electron chi connectivity index (χ0n) is 10.5. The van der Waals surface area contributed by atoms with Crippen molar-refractivity contribution in [3.05, 3.63) is 23.4 Å². The van der Waals surface area contributed by atoms with E-state index in [0.29, 0.717) is 6.04 Å². The van der Waals surface area contributed by atoms with Crippen LogP contribution in [0.15, 0.2) is 12.3 Å².